The maximum Gasteiger partial charge on any atom is 0.305 e. The molecule has 14 heteroatoms. The van der Waals surface area contributed by atoms with E-state index >= 15 is 0 Å². The van der Waals surface area contributed by atoms with Gasteiger partial charge in [-0.25, -0.2) is 0 Å². The molecule has 4 aromatic rings. The second-order valence-electron chi connectivity index (χ2n) is 15.4. The van der Waals surface area contributed by atoms with Crippen LogP contribution in [0, 0.1) is 0 Å². The van der Waals surface area contributed by atoms with Gasteiger partial charge in [0, 0.05) is 74.0 Å². The molecule has 0 aliphatic carbocycles. The van der Waals surface area contributed by atoms with E-state index in [4.69, 9.17) is 23.7 Å². The van der Waals surface area contributed by atoms with Crippen molar-refractivity contribution < 1.29 is 33.2 Å². The van der Waals surface area contributed by atoms with Crippen molar-refractivity contribution in [1.82, 2.24) is 25.1 Å². The van der Waals surface area contributed by atoms with E-state index in [0.717, 1.165) is 130 Å². The van der Waals surface area contributed by atoms with Crippen LogP contribution < -0.4 is 20.1 Å². The summed E-state index contributed by atoms with van der Waals surface area (Å²) in [4.78, 5) is 21.1. The monoisotopic (exact) mass is 813 g/mol. The van der Waals surface area contributed by atoms with Crippen molar-refractivity contribution in [1.29, 1.82) is 0 Å². The van der Waals surface area contributed by atoms with Crippen molar-refractivity contribution in [3.05, 3.63) is 78.4 Å². The molecule has 4 heterocycles. The minimum absolute atomic E-state index is 0.0899. The fourth-order valence-corrected chi connectivity index (χ4v) is 7.46. The van der Waals surface area contributed by atoms with Crippen molar-refractivity contribution in [2.75, 3.05) is 90.7 Å². The Kier molecular flexibility index (Phi) is 17.6. The maximum absolute atomic E-state index is 11.1. The summed E-state index contributed by atoms with van der Waals surface area (Å²) in [6.45, 7) is 6.94. The number of hydrogen-bond acceptors (Lipinski definition) is 13. The van der Waals surface area contributed by atoms with Crippen molar-refractivity contribution >= 4 is 17.3 Å². The molecular formula is C45H63N7O7. The Morgan fingerprint density at radius 1 is 0.831 bits per heavy atom. The first-order valence-electron chi connectivity index (χ1n) is 21.4. The standard InChI is InChI=1S/C45H63N7O7/c1-52-23-19-45(20-24-52,44-48-43(50-51-44)35-16-21-46-22-17-35)49-37-12-10-11-36(33-37)47-40-18-28-59-41-15-14-38(34-39(40)41)58-27-9-4-3-7-25-55-29-31-57-32-30-56-26-8-5-6-13-42(53)54-2/h10-12,14-17,21-22,33-34,40,47,49H,3-9,13,18-20,23-32H2,1-2H3,(H,48,50,51)/t40-/m1/s1. The second kappa shape index (κ2) is 23.7. The smallest absolute Gasteiger partial charge is 0.305 e. The molecule has 0 spiro atoms. The summed E-state index contributed by atoms with van der Waals surface area (Å²) in [7, 11) is 3.59. The van der Waals surface area contributed by atoms with Gasteiger partial charge in [0.05, 0.1) is 58.3 Å². The molecule has 1 fully saturated rings. The van der Waals surface area contributed by atoms with Gasteiger partial charge in [-0.2, -0.15) is 0 Å². The number of ether oxygens (including phenoxy) is 6. The van der Waals surface area contributed by atoms with Crippen LogP contribution in [0.4, 0.5) is 11.4 Å². The number of piperidine rings is 1. The number of aromatic nitrogens is 4. The Hall–Kier alpha value is -4.76. The molecule has 320 valence electrons. The molecular weight excluding hydrogens is 751 g/mol. The van der Waals surface area contributed by atoms with Crippen LogP contribution in [0.5, 0.6) is 11.5 Å². The highest BCUT2D eigenvalue weighted by molar-refractivity contribution is 5.69. The summed E-state index contributed by atoms with van der Waals surface area (Å²) in [5, 5.41) is 16.9. The van der Waals surface area contributed by atoms with Gasteiger partial charge in [-0.05, 0) is 101 Å². The Morgan fingerprint density at radius 2 is 1.53 bits per heavy atom. The van der Waals surface area contributed by atoms with E-state index in [1.807, 2.05) is 24.3 Å². The molecule has 1 saturated heterocycles. The molecule has 2 aromatic carbocycles. The first kappa shape index (κ1) is 43.8. The molecule has 3 N–H and O–H groups in total. The Balaban J connectivity index is 0.885. The van der Waals surface area contributed by atoms with Gasteiger partial charge in [-0.3, -0.25) is 9.78 Å². The van der Waals surface area contributed by atoms with Crippen LogP contribution in [0.25, 0.3) is 11.4 Å². The number of hydrogen-bond donors (Lipinski definition) is 3. The quantitative estimate of drug-likeness (QED) is 0.0423. The number of fused-ring (bicyclic) bond motifs is 1. The Labute approximate surface area is 349 Å². The molecule has 0 saturated carbocycles. The normalized spacial score (nSPS) is 16.2. The number of likely N-dealkylation sites (tertiary alicyclic amines) is 1. The third kappa shape index (κ3) is 13.9. The number of nitrogens with one attached hydrogen (secondary N) is 3. The molecule has 59 heavy (non-hydrogen) atoms. The average Bonchev–Trinajstić information content (AvgIpc) is 3.77. The third-order valence-electron chi connectivity index (χ3n) is 10.9. The van der Waals surface area contributed by atoms with Crippen LogP contribution in [0.2, 0.25) is 0 Å². The highest BCUT2D eigenvalue weighted by Crippen LogP contribution is 2.39. The number of carbonyl (C=O) groups excluding carboxylic acids is 1. The van der Waals surface area contributed by atoms with Gasteiger partial charge in [0.1, 0.15) is 11.5 Å². The largest absolute Gasteiger partial charge is 0.494 e. The van der Waals surface area contributed by atoms with Gasteiger partial charge in [-0.1, -0.05) is 18.9 Å². The zero-order valence-electron chi connectivity index (χ0n) is 34.9. The van der Waals surface area contributed by atoms with Gasteiger partial charge in [0.25, 0.3) is 0 Å². The number of anilines is 2. The first-order valence-corrected chi connectivity index (χ1v) is 21.4. The number of H-pyrrole nitrogens is 1. The summed E-state index contributed by atoms with van der Waals surface area (Å²) in [5.74, 6) is 3.21. The number of aromatic amines is 1. The molecule has 14 nitrogen and oxygen atoms in total. The molecule has 2 aromatic heterocycles. The zero-order valence-corrected chi connectivity index (χ0v) is 34.9. The van der Waals surface area contributed by atoms with E-state index in [1.165, 1.54) is 7.11 Å². The lowest BCUT2D eigenvalue weighted by Crippen LogP contribution is -2.46. The predicted octanol–water partition coefficient (Wildman–Crippen LogP) is 7.56. The lowest BCUT2D eigenvalue weighted by Gasteiger charge is -2.40. The lowest BCUT2D eigenvalue weighted by molar-refractivity contribution is -0.140. The number of unbranched alkanes of at least 4 members (excludes halogenated alkanes) is 5. The van der Waals surface area contributed by atoms with E-state index in [0.29, 0.717) is 52.7 Å². The van der Waals surface area contributed by atoms with Gasteiger partial charge in [0.2, 0.25) is 0 Å². The molecule has 0 radical (unpaired) electrons. The van der Waals surface area contributed by atoms with Gasteiger partial charge in [0.15, 0.2) is 11.6 Å². The van der Waals surface area contributed by atoms with Crippen molar-refractivity contribution in [2.24, 2.45) is 0 Å². The molecule has 0 bridgehead atoms. The number of carbonyl (C=O) groups is 1. The van der Waals surface area contributed by atoms with E-state index in [1.54, 1.807) is 12.4 Å². The average molecular weight is 814 g/mol. The SMILES string of the molecule is COC(=O)CCCCCOCCOCCOCCCCCCOc1ccc2c(c1)[C@H](Nc1cccc(NC3(c4nnc(-c5ccncc5)[nH]4)CCN(C)CC3)c1)CCO2. The third-order valence-corrected chi connectivity index (χ3v) is 10.9. The summed E-state index contributed by atoms with van der Waals surface area (Å²) < 4.78 is 33.8. The highest BCUT2D eigenvalue weighted by Gasteiger charge is 2.39. The number of benzene rings is 2. The zero-order chi connectivity index (χ0) is 41.0. The molecule has 0 amide bonds. The first-order chi connectivity index (χ1) is 29.0. The van der Waals surface area contributed by atoms with Crippen LogP contribution in [-0.2, 0) is 29.3 Å². The van der Waals surface area contributed by atoms with Crippen molar-refractivity contribution in [3.8, 4) is 22.9 Å². The fraction of sp³-hybridized carbons (Fsp3) is 0.556. The number of esters is 1. The fourth-order valence-electron chi connectivity index (χ4n) is 7.46. The van der Waals surface area contributed by atoms with E-state index in [2.05, 4.69) is 77.8 Å². The summed E-state index contributed by atoms with van der Waals surface area (Å²) in [5.41, 5.74) is 3.77. The Bertz CT molecular complexity index is 1820. The van der Waals surface area contributed by atoms with E-state index in [9.17, 15) is 4.79 Å². The van der Waals surface area contributed by atoms with Crippen molar-refractivity contribution in [2.45, 2.75) is 82.2 Å². The topological polar surface area (TPSA) is 154 Å². The Morgan fingerprint density at radius 3 is 2.27 bits per heavy atom. The van der Waals surface area contributed by atoms with E-state index in [-0.39, 0.29) is 17.6 Å². The molecule has 0 unspecified atom stereocenters. The van der Waals surface area contributed by atoms with Gasteiger partial charge < -0.3 is 48.9 Å². The summed E-state index contributed by atoms with van der Waals surface area (Å²) in [6.07, 6.45) is 13.6. The predicted molar refractivity (Wildman–Crippen MR) is 228 cm³/mol. The second-order valence-corrected chi connectivity index (χ2v) is 15.4. The number of pyridine rings is 1. The van der Waals surface area contributed by atoms with Crippen LogP contribution in [0.15, 0.2) is 67.0 Å². The summed E-state index contributed by atoms with van der Waals surface area (Å²) in [6, 6.07) is 18.7. The maximum atomic E-state index is 11.1. The minimum Gasteiger partial charge on any atom is -0.494 e. The van der Waals surface area contributed by atoms with Gasteiger partial charge >= 0.3 is 5.97 Å². The highest BCUT2D eigenvalue weighted by atomic mass is 16.5. The number of nitrogens with zero attached hydrogens (tertiary/aromatic N) is 4. The van der Waals surface area contributed by atoms with Crippen LogP contribution in [0.3, 0.4) is 0 Å². The molecule has 6 rings (SSSR count). The number of rotatable bonds is 26. The van der Waals surface area contributed by atoms with Crippen LogP contribution >= 0.6 is 0 Å². The lowest BCUT2D eigenvalue weighted by atomic mass is 9.86. The molecule has 2 aliphatic heterocycles. The molecule has 1 atom stereocenters. The van der Waals surface area contributed by atoms with Gasteiger partial charge in [-0.15, -0.1) is 10.2 Å². The van der Waals surface area contributed by atoms with Crippen LogP contribution in [0.1, 0.15) is 88.1 Å². The van der Waals surface area contributed by atoms with Crippen LogP contribution in [-0.4, -0.2) is 111 Å². The minimum atomic E-state index is -0.377. The van der Waals surface area contributed by atoms with E-state index < -0.39 is 0 Å². The summed E-state index contributed by atoms with van der Waals surface area (Å²) >= 11 is 0. The molecule has 2 aliphatic rings. The van der Waals surface area contributed by atoms with Crippen molar-refractivity contribution in [3.63, 3.8) is 0 Å². The number of methoxy groups -OCH3 is 1.